The summed E-state index contributed by atoms with van der Waals surface area (Å²) in [7, 11) is 0. The van der Waals surface area contributed by atoms with Gasteiger partial charge in [0.05, 0.1) is 5.69 Å². The molecule has 0 aliphatic rings. The van der Waals surface area contributed by atoms with E-state index in [1.165, 1.54) is 5.56 Å². The van der Waals surface area contributed by atoms with E-state index in [0.717, 1.165) is 25.2 Å². The van der Waals surface area contributed by atoms with Crippen molar-refractivity contribution in [2.45, 2.75) is 19.9 Å². The van der Waals surface area contributed by atoms with Crippen LogP contribution in [0.15, 0.2) is 42.7 Å². The Labute approximate surface area is 108 Å². The van der Waals surface area contributed by atoms with Gasteiger partial charge in [0.2, 0.25) is 0 Å². The second kappa shape index (κ2) is 6.63. The van der Waals surface area contributed by atoms with Crippen LogP contribution in [-0.4, -0.2) is 16.3 Å². The second-order valence-electron chi connectivity index (χ2n) is 3.93. The smallest absolute Gasteiger partial charge is 0.0690 e. The zero-order valence-corrected chi connectivity index (χ0v) is 10.6. The minimum Gasteiger partial charge on any atom is -0.312 e. The van der Waals surface area contributed by atoms with Gasteiger partial charge in [0.15, 0.2) is 0 Å². The molecule has 1 heterocycles. The molecule has 2 rings (SSSR count). The number of benzene rings is 1. The van der Waals surface area contributed by atoms with Crippen molar-refractivity contribution in [2.24, 2.45) is 0 Å². The van der Waals surface area contributed by atoms with Crippen molar-refractivity contribution in [1.29, 1.82) is 0 Å². The Bertz CT molecular complexity index is 532. The molecule has 3 nitrogen and oxygen atoms in total. The third kappa shape index (κ3) is 3.22. The molecule has 0 atom stereocenters. The lowest BCUT2D eigenvalue weighted by Gasteiger charge is -2.09. The predicted molar refractivity (Wildman–Crippen MR) is 73.3 cm³/mol. The van der Waals surface area contributed by atoms with Crippen LogP contribution in [0.25, 0.3) is 5.69 Å². The fourth-order valence-electron chi connectivity index (χ4n) is 1.79. The minimum atomic E-state index is 0.835. The van der Waals surface area contributed by atoms with Gasteiger partial charge in [-0.2, -0.15) is 5.10 Å². The van der Waals surface area contributed by atoms with Crippen LogP contribution in [0.3, 0.4) is 0 Å². The van der Waals surface area contributed by atoms with E-state index in [9.17, 15) is 0 Å². The SMILES string of the molecule is CC#CCCNCc1ccccc1-n1cccn1. The molecule has 1 aromatic heterocycles. The van der Waals surface area contributed by atoms with E-state index in [-0.39, 0.29) is 0 Å². The van der Waals surface area contributed by atoms with Gasteiger partial charge >= 0.3 is 0 Å². The standard InChI is InChI=1S/C15H17N3/c1-2-3-6-10-16-13-14-8-4-5-9-15(14)18-12-7-11-17-18/h4-5,7-9,11-12,16H,6,10,13H2,1H3. The van der Waals surface area contributed by atoms with Gasteiger partial charge in [0.1, 0.15) is 0 Å². The monoisotopic (exact) mass is 239 g/mol. The first kappa shape index (κ1) is 12.4. The Balaban J connectivity index is 2.01. The maximum atomic E-state index is 4.27. The summed E-state index contributed by atoms with van der Waals surface area (Å²) in [5.41, 5.74) is 2.36. The number of nitrogens with zero attached hydrogens (tertiary/aromatic N) is 2. The molecule has 1 N–H and O–H groups in total. The molecule has 92 valence electrons. The number of para-hydroxylation sites is 1. The van der Waals surface area contributed by atoms with Crippen LogP contribution in [0.4, 0.5) is 0 Å². The van der Waals surface area contributed by atoms with Crippen LogP contribution in [0.5, 0.6) is 0 Å². The maximum absolute atomic E-state index is 4.27. The zero-order chi connectivity index (χ0) is 12.6. The number of nitrogens with one attached hydrogen (secondary N) is 1. The molecular formula is C15H17N3. The van der Waals surface area contributed by atoms with Crippen molar-refractivity contribution >= 4 is 0 Å². The lowest BCUT2D eigenvalue weighted by atomic mass is 10.2. The highest BCUT2D eigenvalue weighted by atomic mass is 15.3. The highest BCUT2D eigenvalue weighted by molar-refractivity contribution is 5.40. The van der Waals surface area contributed by atoms with Crippen molar-refractivity contribution in [1.82, 2.24) is 15.1 Å². The Morgan fingerprint density at radius 2 is 2.17 bits per heavy atom. The summed E-state index contributed by atoms with van der Waals surface area (Å²) in [5, 5.41) is 7.67. The third-order valence-electron chi connectivity index (χ3n) is 2.66. The maximum Gasteiger partial charge on any atom is 0.0690 e. The van der Waals surface area contributed by atoms with E-state index < -0.39 is 0 Å². The molecule has 18 heavy (non-hydrogen) atoms. The van der Waals surface area contributed by atoms with Crippen LogP contribution in [0, 0.1) is 11.8 Å². The summed E-state index contributed by atoms with van der Waals surface area (Å²) in [6.07, 6.45) is 4.64. The number of hydrogen-bond donors (Lipinski definition) is 1. The van der Waals surface area contributed by atoms with E-state index in [0.29, 0.717) is 0 Å². The molecule has 0 saturated heterocycles. The van der Waals surface area contributed by atoms with Gasteiger partial charge in [-0.05, 0) is 24.6 Å². The van der Waals surface area contributed by atoms with Crippen molar-refractivity contribution in [2.75, 3.05) is 6.54 Å². The van der Waals surface area contributed by atoms with Gasteiger partial charge < -0.3 is 5.32 Å². The molecule has 0 radical (unpaired) electrons. The average Bonchev–Trinajstić information content (AvgIpc) is 2.93. The van der Waals surface area contributed by atoms with Crippen LogP contribution in [0.1, 0.15) is 18.9 Å². The fourth-order valence-corrected chi connectivity index (χ4v) is 1.79. The molecule has 0 fully saturated rings. The van der Waals surface area contributed by atoms with Gasteiger partial charge in [0.25, 0.3) is 0 Å². The van der Waals surface area contributed by atoms with Gasteiger partial charge in [-0.1, -0.05) is 18.2 Å². The summed E-state index contributed by atoms with van der Waals surface area (Å²) in [6.45, 7) is 3.61. The summed E-state index contributed by atoms with van der Waals surface area (Å²) < 4.78 is 1.89. The van der Waals surface area contributed by atoms with Crippen molar-refractivity contribution < 1.29 is 0 Å². The third-order valence-corrected chi connectivity index (χ3v) is 2.66. The molecule has 3 heteroatoms. The average molecular weight is 239 g/mol. The van der Waals surface area contributed by atoms with E-state index in [2.05, 4.69) is 40.5 Å². The predicted octanol–water partition coefficient (Wildman–Crippen LogP) is 2.38. The molecule has 1 aromatic carbocycles. The van der Waals surface area contributed by atoms with E-state index in [1.807, 2.05) is 29.9 Å². The van der Waals surface area contributed by atoms with Crippen molar-refractivity contribution in [3.05, 3.63) is 48.3 Å². The van der Waals surface area contributed by atoms with Gasteiger partial charge in [-0.25, -0.2) is 4.68 Å². The second-order valence-corrected chi connectivity index (χ2v) is 3.93. The molecule has 0 saturated carbocycles. The number of aromatic nitrogens is 2. The summed E-state index contributed by atoms with van der Waals surface area (Å²) >= 11 is 0. The first-order chi connectivity index (χ1) is 8.92. The normalized spacial score (nSPS) is 9.83. The van der Waals surface area contributed by atoms with E-state index >= 15 is 0 Å². The molecule has 0 unspecified atom stereocenters. The van der Waals surface area contributed by atoms with Crippen molar-refractivity contribution in [3.63, 3.8) is 0 Å². The van der Waals surface area contributed by atoms with E-state index in [1.54, 1.807) is 6.20 Å². The Kier molecular flexibility index (Phi) is 4.57. The van der Waals surface area contributed by atoms with Crippen LogP contribution in [0.2, 0.25) is 0 Å². The number of rotatable bonds is 5. The first-order valence-electron chi connectivity index (χ1n) is 6.10. The summed E-state index contributed by atoms with van der Waals surface area (Å²) in [5.74, 6) is 5.94. The Morgan fingerprint density at radius 3 is 2.94 bits per heavy atom. The Hall–Kier alpha value is -2.05. The topological polar surface area (TPSA) is 29.9 Å². The van der Waals surface area contributed by atoms with Gasteiger partial charge in [-0.3, -0.25) is 0 Å². The van der Waals surface area contributed by atoms with Crippen molar-refractivity contribution in [3.8, 4) is 17.5 Å². The lowest BCUT2D eigenvalue weighted by Crippen LogP contribution is -2.16. The number of hydrogen-bond acceptors (Lipinski definition) is 2. The fraction of sp³-hybridized carbons (Fsp3) is 0.267. The van der Waals surface area contributed by atoms with Gasteiger partial charge in [-0.15, -0.1) is 11.8 Å². The quantitative estimate of drug-likeness (QED) is 0.641. The minimum absolute atomic E-state index is 0.835. The highest BCUT2D eigenvalue weighted by Gasteiger charge is 2.02. The first-order valence-corrected chi connectivity index (χ1v) is 6.10. The van der Waals surface area contributed by atoms with Gasteiger partial charge in [0, 0.05) is 31.9 Å². The molecule has 2 aromatic rings. The molecule has 0 aliphatic carbocycles. The summed E-state index contributed by atoms with van der Waals surface area (Å²) in [6, 6.07) is 10.2. The van der Waals surface area contributed by atoms with E-state index in [4.69, 9.17) is 0 Å². The summed E-state index contributed by atoms with van der Waals surface area (Å²) in [4.78, 5) is 0. The largest absolute Gasteiger partial charge is 0.312 e. The lowest BCUT2D eigenvalue weighted by molar-refractivity contribution is 0.694. The molecule has 0 aliphatic heterocycles. The van der Waals surface area contributed by atoms with Crippen LogP contribution < -0.4 is 5.32 Å². The zero-order valence-electron chi connectivity index (χ0n) is 10.6. The molecule has 0 spiro atoms. The molecule has 0 amide bonds. The molecule has 0 bridgehead atoms. The van der Waals surface area contributed by atoms with Crippen LogP contribution in [-0.2, 0) is 6.54 Å². The highest BCUT2D eigenvalue weighted by Crippen LogP contribution is 2.12. The Morgan fingerprint density at radius 1 is 1.28 bits per heavy atom. The van der Waals surface area contributed by atoms with Crippen LogP contribution >= 0.6 is 0 Å². The molecular weight excluding hydrogens is 222 g/mol.